The molecule has 1 rings (SSSR count). The van der Waals surface area contributed by atoms with Crippen molar-refractivity contribution < 1.29 is 4.79 Å². The van der Waals surface area contributed by atoms with Gasteiger partial charge in [0.25, 0.3) is 0 Å². The van der Waals surface area contributed by atoms with Crippen molar-refractivity contribution in [2.24, 2.45) is 11.7 Å². The first-order valence-corrected chi connectivity index (χ1v) is 3.31. The summed E-state index contributed by atoms with van der Waals surface area (Å²) in [5.74, 6) is 9.08. The third-order valence-electron chi connectivity index (χ3n) is 0.943. The first kappa shape index (κ1) is 11.1. The molecule has 0 spiro atoms. The summed E-state index contributed by atoms with van der Waals surface area (Å²) in [5.41, 5.74) is 3.43. The van der Waals surface area contributed by atoms with Crippen molar-refractivity contribution in [1.82, 2.24) is 15.8 Å². The molecule has 0 unspecified atom stereocenters. The summed E-state index contributed by atoms with van der Waals surface area (Å²) >= 11 is 0. The molecule has 7 heteroatoms. The maximum Gasteiger partial charge on any atom is 0.343 e. The quantitative estimate of drug-likeness (QED) is 0.190. The van der Waals surface area contributed by atoms with E-state index in [1.807, 2.05) is 0 Å². The van der Waals surface area contributed by atoms with Crippen LogP contribution in [0.3, 0.4) is 0 Å². The van der Waals surface area contributed by atoms with Crippen molar-refractivity contribution in [3.63, 3.8) is 0 Å². The molecule has 7 N–H and O–H groups in total. The Morgan fingerprint density at radius 1 is 1.31 bits per heavy atom. The number of hydrazine groups is 2. The zero-order valence-corrected chi connectivity index (χ0v) is 6.78. The highest BCUT2D eigenvalue weighted by molar-refractivity contribution is 5.72. The van der Waals surface area contributed by atoms with Crippen LogP contribution in [0.5, 0.6) is 0 Å². The molecule has 0 radical (unpaired) electrons. The molecule has 1 aromatic rings. The minimum absolute atomic E-state index is 0.0532. The van der Waals surface area contributed by atoms with Gasteiger partial charge < -0.3 is 4.98 Å². The van der Waals surface area contributed by atoms with Gasteiger partial charge in [0.15, 0.2) is 0 Å². The number of amides is 2. The van der Waals surface area contributed by atoms with Crippen molar-refractivity contribution in [3.05, 3.63) is 34.7 Å². The number of hydrogen-bond acceptors (Lipinski definition) is 4. The number of carbonyl (C=O) groups is 1. The standard InChI is InChI=1S/C5H5NO.CH6N4O/c7-5-3-1-2-4-6-5;2-4-1(6)5-3/h1-4H,(H,6,7);2-3H2,(H2,4,5,6). The van der Waals surface area contributed by atoms with Gasteiger partial charge in [-0.3, -0.25) is 15.6 Å². The summed E-state index contributed by atoms with van der Waals surface area (Å²) in [7, 11) is 0. The minimum Gasteiger partial charge on any atom is -0.329 e. The fourth-order valence-corrected chi connectivity index (χ4v) is 0.419. The van der Waals surface area contributed by atoms with E-state index in [0.717, 1.165) is 0 Å². The van der Waals surface area contributed by atoms with Crippen LogP contribution in [0.15, 0.2) is 29.2 Å². The molecule has 0 saturated carbocycles. The first-order chi connectivity index (χ1) is 6.20. The summed E-state index contributed by atoms with van der Waals surface area (Å²) in [6, 6.07) is 4.33. The zero-order valence-electron chi connectivity index (χ0n) is 6.78. The molecule has 0 fully saturated rings. The summed E-state index contributed by atoms with van der Waals surface area (Å²) in [6.07, 6.45) is 1.60. The SMILES string of the molecule is NNC(=O)NN.O=c1cccc[nH]1. The lowest BCUT2D eigenvalue weighted by Crippen LogP contribution is -2.43. The Labute approximate surface area is 74.1 Å². The molecule has 1 aromatic heterocycles. The lowest BCUT2D eigenvalue weighted by atomic mass is 10.5. The Balaban J connectivity index is 0.000000226. The van der Waals surface area contributed by atoms with Gasteiger partial charge in [-0.2, -0.15) is 0 Å². The van der Waals surface area contributed by atoms with Crippen LogP contribution >= 0.6 is 0 Å². The van der Waals surface area contributed by atoms with E-state index in [1.165, 1.54) is 6.07 Å². The van der Waals surface area contributed by atoms with Gasteiger partial charge in [0.1, 0.15) is 0 Å². The van der Waals surface area contributed by atoms with Crippen LogP contribution in [0.25, 0.3) is 0 Å². The molecule has 0 saturated heterocycles. The number of carbonyl (C=O) groups excluding carboxylic acids is 1. The average Bonchev–Trinajstić information content (AvgIpc) is 2.19. The molecular formula is C6H11N5O2. The van der Waals surface area contributed by atoms with E-state index in [2.05, 4.69) is 16.7 Å². The highest BCUT2D eigenvalue weighted by Gasteiger charge is 1.83. The van der Waals surface area contributed by atoms with Gasteiger partial charge >= 0.3 is 6.03 Å². The first-order valence-electron chi connectivity index (χ1n) is 3.31. The van der Waals surface area contributed by atoms with E-state index in [9.17, 15) is 9.59 Å². The number of pyridine rings is 1. The third kappa shape index (κ3) is 6.53. The van der Waals surface area contributed by atoms with Crippen molar-refractivity contribution >= 4 is 6.03 Å². The van der Waals surface area contributed by atoms with Crippen molar-refractivity contribution in [2.75, 3.05) is 0 Å². The average molecular weight is 185 g/mol. The normalized spacial score (nSPS) is 7.85. The maximum absolute atomic E-state index is 10.2. The lowest BCUT2D eigenvalue weighted by Gasteiger charge is -1.90. The second-order valence-corrected chi connectivity index (χ2v) is 1.84. The number of hydrogen-bond donors (Lipinski definition) is 5. The summed E-state index contributed by atoms with van der Waals surface area (Å²) in [4.78, 5) is 22.4. The van der Waals surface area contributed by atoms with Crippen LogP contribution in [-0.2, 0) is 0 Å². The highest BCUT2D eigenvalue weighted by atomic mass is 16.2. The Bertz CT molecular complexity index is 274. The molecule has 13 heavy (non-hydrogen) atoms. The highest BCUT2D eigenvalue weighted by Crippen LogP contribution is 1.67. The molecule has 2 amide bonds. The predicted octanol–water partition coefficient (Wildman–Crippen LogP) is -1.59. The van der Waals surface area contributed by atoms with Crippen LogP contribution in [0.1, 0.15) is 0 Å². The van der Waals surface area contributed by atoms with Crippen LogP contribution in [0.2, 0.25) is 0 Å². The number of aromatic amines is 1. The summed E-state index contributed by atoms with van der Waals surface area (Å²) in [6.45, 7) is 0. The second kappa shape index (κ2) is 6.83. The van der Waals surface area contributed by atoms with Crippen molar-refractivity contribution in [3.8, 4) is 0 Å². The van der Waals surface area contributed by atoms with E-state index in [-0.39, 0.29) is 5.56 Å². The smallest absolute Gasteiger partial charge is 0.329 e. The van der Waals surface area contributed by atoms with E-state index in [0.29, 0.717) is 0 Å². The summed E-state index contributed by atoms with van der Waals surface area (Å²) < 4.78 is 0. The van der Waals surface area contributed by atoms with Crippen LogP contribution in [0, 0.1) is 0 Å². The number of H-pyrrole nitrogens is 1. The largest absolute Gasteiger partial charge is 0.343 e. The lowest BCUT2D eigenvalue weighted by molar-refractivity contribution is 0.241. The Morgan fingerprint density at radius 3 is 2.08 bits per heavy atom. The van der Waals surface area contributed by atoms with E-state index in [1.54, 1.807) is 29.2 Å². The fraction of sp³-hybridized carbons (Fsp3) is 0. The molecular weight excluding hydrogens is 174 g/mol. The molecule has 0 aliphatic rings. The zero-order chi connectivity index (χ0) is 10.1. The molecule has 0 aromatic carbocycles. The summed E-state index contributed by atoms with van der Waals surface area (Å²) in [5, 5.41) is 0. The second-order valence-electron chi connectivity index (χ2n) is 1.84. The molecule has 0 aliphatic carbocycles. The van der Waals surface area contributed by atoms with Gasteiger partial charge in [0.05, 0.1) is 0 Å². The van der Waals surface area contributed by atoms with Crippen LogP contribution in [-0.4, -0.2) is 11.0 Å². The van der Waals surface area contributed by atoms with Crippen LogP contribution in [0.4, 0.5) is 4.79 Å². The molecule has 1 heterocycles. The molecule has 7 nitrogen and oxygen atoms in total. The van der Waals surface area contributed by atoms with Crippen molar-refractivity contribution in [2.45, 2.75) is 0 Å². The fourth-order valence-electron chi connectivity index (χ4n) is 0.419. The van der Waals surface area contributed by atoms with Crippen molar-refractivity contribution in [1.29, 1.82) is 0 Å². The van der Waals surface area contributed by atoms with Gasteiger partial charge in [-0.15, -0.1) is 0 Å². The number of rotatable bonds is 0. The van der Waals surface area contributed by atoms with Gasteiger partial charge in [-0.25, -0.2) is 16.5 Å². The minimum atomic E-state index is -0.602. The van der Waals surface area contributed by atoms with Gasteiger partial charge in [0, 0.05) is 12.3 Å². The molecule has 0 aliphatic heterocycles. The Hall–Kier alpha value is -1.86. The number of nitrogens with two attached hydrogens (primary N) is 2. The number of nitrogens with one attached hydrogen (secondary N) is 3. The molecule has 0 atom stereocenters. The Kier molecular flexibility index (Phi) is 5.85. The Morgan fingerprint density at radius 2 is 1.92 bits per heavy atom. The van der Waals surface area contributed by atoms with E-state index >= 15 is 0 Å². The monoisotopic (exact) mass is 185 g/mol. The molecule has 0 bridgehead atoms. The van der Waals surface area contributed by atoms with E-state index < -0.39 is 6.03 Å². The number of aromatic nitrogens is 1. The molecule has 72 valence electrons. The third-order valence-corrected chi connectivity index (χ3v) is 0.943. The van der Waals surface area contributed by atoms with Crippen LogP contribution < -0.4 is 28.1 Å². The van der Waals surface area contributed by atoms with E-state index in [4.69, 9.17) is 0 Å². The predicted molar refractivity (Wildman–Crippen MR) is 47.1 cm³/mol. The maximum atomic E-state index is 10.2. The topological polar surface area (TPSA) is 126 Å². The van der Waals surface area contributed by atoms with Gasteiger partial charge in [-0.1, -0.05) is 6.07 Å². The van der Waals surface area contributed by atoms with Gasteiger partial charge in [0.2, 0.25) is 5.56 Å². The number of urea groups is 1. The van der Waals surface area contributed by atoms with Gasteiger partial charge in [-0.05, 0) is 6.07 Å².